The monoisotopic (exact) mass is 475 g/mol. The molecule has 2 aromatic rings. The lowest BCUT2D eigenvalue weighted by Crippen LogP contribution is -2.38. The Morgan fingerprint density at radius 1 is 1.12 bits per heavy atom. The number of likely N-dealkylation sites (N-methyl/N-ethyl adjacent to an activating group) is 1. The molecule has 33 heavy (non-hydrogen) atoms. The van der Waals surface area contributed by atoms with E-state index in [1.54, 1.807) is 18.2 Å². The molecule has 1 aliphatic rings. The summed E-state index contributed by atoms with van der Waals surface area (Å²) in [6.45, 7) is 3.46. The summed E-state index contributed by atoms with van der Waals surface area (Å²) < 4.78 is 38.1. The lowest BCUT2D eigenvalue weighted by Gasteiger charge is -2.31. The van der Waals surface area contributed by atoms with Crippen LogP contribution in [0, 0.1) is 0 Å². The number of hydrogen-bond acceptors (Lipinski definition) is 6. The van der Waals surface area contributed by atoms with Crippen LogP contribution in [0.1, 0.15) is 24.8 Å². The highest BCUT2D eigenvalue weighted by Crippen LogP contribution is 2.15. The second-order valence-corrected chi connectivity index (χ2v) is 9.82. The Labute approximate surface area is 196 Å². The summed E-state index contributed by atoms with van der Waals surface area (Å²) in [6, 6.07) is 16.3. The fourth-order valence-electron chi connectivity index (χ4n) is 3.63. The van der Waals surface area contributed by atoms with Gasteiger partial charge in [-0.05, 0) is 49.7 Å². The molecule has 180 valence electrons. The fraction of sp³-hybridized carbons (Fsp3) is 0.458. The van der Waals surface area contributed by atoms with Crippen LogP contribution >= 0.6 is 0 Å². The number of ether oxygens (including phenoxy) is 2. The van der Waals surface area contributed by atoms with Gasteiger partial charge in [0.15, 0.2) is 0 Å². The van der Waals surface area contributed by atoms with Crippen molar-refractivity contribution in [1.29, 1.82) is 0 Å². The van der Waals surface area contributed by atoms with Gasteiger partial charge < -0.3 is 14.8 Å². The van der Waals surface area contributed by atoms with E-state index in [9.17, 15) is 13.2 Å². The molecule has 0 aromatic heterocycles. The van der Waals surface area contributed by atoms with Crippen LogP contribution in [0.3, 0.4) is 0 Å². The van der Waals surface area contributed by atoms with Gasteiger partial charge in [-0.25, -0.2) is 13.1 Å². The zero-order valence-corrected chi connectivity index (χ0v) is 19.9. The van der Waals surface area contributed by atoms with Gasteiger partial charge in [-0.1, -0.05) is 30.3 Å². The maximum absolute atomic E-state index is 12.2. The Hall–Kier alpha value is -2.46. The highest BCUT2D eigenvalue weighted by Gasteiger charge is 2.18. The third-order valence-corrected chi connectivity index (χ3v) is 7.09. The van der Waals surface area contributed by atoms with E-state index in [2.05, 4.69) is 22.0 Å². The average Bonchev–Trinajstić information content (AvgIpc) is 2.84. The molecule has 0 radical (unpaired) electrons. The number of carbonyl (C=O) groups is 1. The first-order valence-electron chi connectivity index (χ1n) is 11.3. The van der Waals surface area contributed by atoms with E-state index >= 15 is 0 Å². The molecule has 3 rings (SSSR count). The number of hydrogen-bond donors (Lipinski definition) is 2. The molecule has 2 N–H and O–H groups in total. The second-order valence-electron chi connectivity index (χ2n) is 8.06. The summed E-state index contributed by atoms with van der Waals surface area (Å²) in [7, 11) is -1.49. The van der Waals surface area contributed by atoms with E-state index in [1.807, 2.05) is 24.3 Å². The van der Waals surface area contributed by atoms with Crippen LogP contribution in [-0.2, 0) is 26.1 Å². The van der Waals surface area contributed by atoms with Crippen molar-refractivity contribution in [2.45, 2.75) is 36.7 Å². The van der Waals surface area contributed by atoms with Crippen LogP contribution in [0.5, 0.6) is 5.75 Å². The topological polar surface area (TPSA) is 97.0 Å². The summed E-state index contributed by atoms with van der Waals surface area (Å²) in [5.41, 5.74) is 0.920. The van der Waals surface area contributed by atoms with Gasteiger partial charge in [0.05, 0.1) is 4.90 Å². The van der Waals surface area contributed by atoms with Gasteiger partial charge in [0.25, 0.3) is 0 Å². The van der Waals surface area contributed by atoms with Crippen LogP contribution in [-0.4, -0.2) is 65.2 Å². The number of rotatable bonds is 12. The van der Waals surface area contributed by atoms with Gasteiger partial charge in [-0.2, -0.15) is 0 Å². The number of sulfonamides is 1. The summed E-state index contributed by atoms with van der Waals surface area (Å²) >= 11 is 0. The molecule has 0 bridgehead atoms. The highest BCUT2D eigenvalue weighted by molar-refractivity contribution is 7.89. The third-order valence-electron chi connectivity index (χ3n) is 5.61. The fourth-order valence-corrected chi connectivity index (χ4v) is 4.69. The Balaban J connectivity index is 1.36. The number of carbonyl (C=O) groups excluding carboxylic acids is 1. The first-order chi connectivity index (χ1) is 15.9. The summed E-state index contributed by atoms with van der Waals surface area (Å²) in [5, 5.41) is 2.82. The standard InChI is InChI=1S/C24H33N3O5S/c1-27(21-11-15-31-16-12-21)14-17-32-22-7-5-6-20(18-22)19-25-24(28)10-13-26-33(29,30)23-8-3-2-4-9-23/h2-9,18,21,26H,10-17,19H2,1H3,(H,25,28). The predicted octanol–water partition coefficient (Wildman–Crippen LogP) is 2.16. The molecular weight excluding hydrogens is 442 g/mol. The number of nitrogens with one attached hydrogen (secondary N) is 2. The van der Waals surface area contributed by atoms with E-state index in [0.717, 1.165) is 43.9 Å². The van der Waals surface area contributed by atoms with Gasteiger partial charge in [0.2, 0.25) is 15.9 Å². The van der Waals surface area contributed by atoms with Crippen LogP contribution < -0.4 is 14.8 Å². The molecule has 1 amide bonds. The van der Waals surface area contributed by atoms with Crippen LogP contribution in [0.15, 0.2) is 59.5 Å². The lowest BCUT2D eigenvalue weighted by atomic mass is 10.1. The van der Waals surface area contributed by atoms with Crippen molar-refractivity contribution in [3.8, 4) is 5.75 Å². The molecule has 0 saturated carbocycles. The predicted molar refractivity (Wildman–Crippen MR) is 127 cm³/mol. The van der Waals surface area contributed by atoms with Crippen LogP contribution in [0.25, 0.3) is 0 Å². The van der Waals surface area contributed by atoms with Crippen molar-refractivity contribution < 1.29 is 22.7 Å². The molecule has 0 atom stereocenters. The molecule has 1 fully saturated rings. The van der Waals surface area contributed by atoms with E-state index in [0.29, 0.717) is 19.2 Å². The molecule has 1 heterocycles. The number of benzene rings is 2. The van der Waals surface area contributed by atoms with Gasteiger partial charge in [0.1, 0.15) is 12.4 Å². The van der Waals surface area contributed by atoms with E-state index in [4.69, 9.17) is 9.47 Å². The Kier molecular flexibility index (Phi) is 9.68. The van der Waals surface area contributed by atoms with Gasteiger partial charge >= 0.3 is 0 Å². The zero-order chi connectivity index (χ0) is 23.5. The molecule has 0 unspecified atom stereocenters. The maximum Gasteiger partial charge on any atom is 0.240 e. The van der Waals surface area contributed by atoms with E-state index in [-0.39, 0.29) is 23.8 Å². The normalized spacial score (nSPS) is 14.8. The van der Waals surface area contributed by atoms with E-state index in [1.165, 1.54) is 12.1 Å². The minimum atomic E-state index is -3.61. The molecule has 0 spiro atoms. The Bertz CT molecular complexity index is 979. The summed E-state index contributed by atoms with van der Waals surface area (Å²) in [4.78, 5) is 14.6. The lowest BCUT2D eigenvalue weighted by molar-refractivity contribution is -0.121. The second kappa shape index (κ2) is 12.7. The van der Waals surface area contributed by atoms with Gasteiger partial charge in [0, 0.05) is 45.3 Å². The zero-order valence-electron chi connectivity index (χ0n) is 19.0. The minimum absolute atomic E-state index is 0.0346. The smallest absolute Gasteiger partial charge is 0.240 e. The van der Waals surface area contributed by atoms with Crippen molar-refractivity contribution in [2.24, 2.45) is 0 Å². The molecule has 9 heteroatoms. The van der Waals surface area contributed by atoms with Crippen LogP contribution in [0.2, 0.25) is 0 Å². The average molecular weight is 476 g/mol. The Morgan fingerprint density at radius 3 is 2.64 bits per heavy atom. The molecule has 1 aliphatic heterocycles. The number of nitrogens with zero attached hydrogens (tertiary/aromatic N) is 1. The van der Waals surface area contributed by atoms with E-state index < -0.39 is 10.0 Å². The summed E-state index contributed by atoms with van der Waals surface area (Å²) in [6.07, 6.45) is 2.17. The first kappa shape index (κ1) is 25.2. The quantitative estimate of drug-likeness (QED) is 0.488. The molecule has 1 saturated heterocycles. The van der Waals surface area contributed by atoms with Crippen molar-refractivity contribution in [1.82, 2.24) is 14.9 Å². The molecule has 0 aliphatic carbocycles. The molecule has 2 aromatic carbocycles. The first-order valence-corrected chi connectivity index (χ1v) is 12.7. The summed E-state index contributed by atoms with van der Waals surface area (Å²) in [5.74, 6) is 0.535. The van der Waals surface area contributed by atoms with Crippen molar-refractivity contribution in [2.75, 3.05) is 40.0 Å². The SMILES string of the molecule is CN(CCOc1cccc(CNC(=O)CCNS(=O)(=O)c2ccccc2)c1)C1CCOCC1. The van der Waals surface area contributed by atoms with Crippen molar-refractivity contribution >= 4 is 15.9 Å². The van der Waals surface area contributed by atoms with Crippen LogP contribution in [0.4, 0.5) is 0 Å². The molecule has 8 nitrogen and oxygen atoms in total. The van der Waals surface area contributed by atoms with Crippen molar-refractivity contribution in [3.05, 3.63) is 60.2 Å². The number of amides is 1. The maximum atomic E-state index is 12.2. The third kappa shape index (κ3) is 8.43. The van der Waals surface area contributed by atoms with Crippen molar-refractivity contribution in [3.63, 3.8) is 0 Å². The van der Waals surface area contributed by atoms with Gasteiger partial charge in [-0.3, -0.25) is 9.69 Å². The minimum Gasteiger partial charge on any atom is -0.492 e. The van der Waals surface area contributed by atoms with Gasteiger partial charge in [-0.15, -0.1) is 0 Å². The molecular formula is C24H33N3O5S. The largest absolute Gasteiger partial charge is 0.492 e. The highest BCUT2D eigenvalue weighted by atomic mass is 32.2. The Morgan fingerprint density at radius 2 is 1.88 bits per heavy atom.